The van der Waals surface area contributed by atoms with Gasteiger partial charge in [0, 0.05) is 57.8 Å². The molecule has 0 spiro atoms. The molecule has 2 aliphatic heterocycles. The van der Waals surface area contributed by atoms with Crippen molar-refractivity contribution in [1.82, 2.24) is 10.2 Å². The maximum absolute atomic E-state index is 12.7. The van der Waals surface area contributed by atoms with Crippen LogP contribution in [0.15, 0.2) is 36.4 Å². The number of imide groups is 1. The van der Waals surface area contributed by atoms with E-state index in [-0.39, 0.29) is 56.8 Å². The molecule has 0 saturated carbocycles. The highest BCUT2D eigenvalue weighted by molar-refractivity contribution is 6.13. The zero-order valence-electron chi connectivity index (χ0n) is 22.2. The predicted octanol–water partition coefficient (Wildman–Crippen LogP) is 0.352. The van der Waals surface area contributed by atoms with Crippen LogP contribution in [0, 0.1) is 0 Å². The Morgan fingerprint density at radius 2 is 1.83 bits per heavy atom. The molecule has 4 amide bonds. The van der Waals surface area contributed by atoms with Crippen molar-refractivity contribution in [3.63, 3.8) is 0 Å². The number of nitrogens with zero attached hydrogens (tertiary/aromatic N) is 1. The van der Waals surface area contributed by atoms with Crippen molar-refractivity contribution in [3.8, 4) is 5.75 Å². The van der Waals surface area contributed by atoms with Crippen molar-refractivity contribution < 1.29 is 53.2 Å². The van der Waals surface area contributed by atoms with E-state index in [9.17, 15) is 39.0 Å². The van der Waals surface area contributed by atoms with Gasteiger partial charge in [0.15, 0.2) is 6.10 Å². The number of anilines is 1. The molecule has 0 aromatic heterocycles. The SMILES string of the molecule is CC(=O)OC/C=C/c1ccc(OC2CC(O)CC(C(=O)O)O2)c(NC(=O)CCNC(=O)CCN2C(=O)C=CC2=O)c1. The average Bonchev–Trinajstić information content (AvgIpc) is 3.23. The monoisotopic (exact) mass is 573 g/mol. The van der Waals surface area contributed by atoms with Crippen molar-refractivity contribution in [1.29, 1.82) is 0 Å². The molecular weight excluding hydrogens is 542 g/mol. The number of carbonyl (C=O) groups is 6. The molecule has 1 fully saturated rings. The van der Waals surface area contributed by atoms with E-state index in [1.54, 1.807) is 24.3 Å². The molecule has 0 bridgehead atoms. The van der Waals surface area contributed by atoms with Gasteiger partial charge in [-0.05, 0) is 23.8 Å². The third-order valence-electron chi connectivity index (χ3n) is 5.91. The first kappa shape index (κ1) is 31.0. The van der Waals surface area contributed by atoms with E-state index >= 15 is 0 Å². The van der Waals surface area contributed by atoms with Crippen molar-refractivity contribution in [2.24, 2.45) is 0 Å². The number of hydrogen-bond acceptors (Lipinski definition) is 10. The smallest absolute Gasteiger partial charge is 0.333 e. The molecule has 3 atom stereocenters. The number of hydrogen-bond donors (Lipinski definition) is 4. The third-order valence-corrected chi connectivity index (χ3v) is 5.91. The maximum Gasteiger partial charge on any atom is 0.333 e. The summed E-state index contributed by atoms with van der Waals surface area (Å²) in [6.07, 6.45) is 1.86. The number of nitrogens with one attached hydrogen (secondary N) is 2. The van der Waals surface area contributed by atoms with Crippen LogP contribution in [0.1, 0.15) is 38.2 Å². The lowest BCUT2D eigenvalue weighted by atomic mass is 10.1. The predicted molar refractivity (Wildman–Crippen MR) is 141 cm³/mol. The zero-order valence-corrected chi connectivity index (χ0v) is 22.2. The summed E-state index contributed by atoms with van der Waals surface area (Å²) in [4.78, 5) is 71.2. The van der Waals surface area contributed by atoms with Gasteiger partial charge in [-0.25, -0.2) is 4.79 Å². The second kappa shape index (κ2) is 14.7. The number of rotatable bonds is 13. The Balaban J connectivity index is 1.60. The van der Waals surface area contributed by atoms with Gasteiger partial charge in [0.25, 0.3) is 11.8 Å². The third kappa shape index (κ3) is 9.85. The summed E-state index contributed by atoms with van der Waals surface area (Å²) in [5.41, 5.74) is 0.826. The topological polar surface area (TPSA) is 198 Å². The number of carboxylic acids is 1. The largest absolute Gasteiger partial charge is 0.479 e. The minimum absolute atomic E-state index is 0.0118. The molecule has 2 aliphatic rings. The summed E-state index contributed by atoms with van der Waals surface area (Å²) < 4.78 is 16.1. The van der Waals surface area contributed by atoms with Crippen LogP contribution in [0.4, 0.5) is 5.69 Å². The highest BCUT2D eigenvalue weighted by Crippen LogP contribution is 2.31. The first-order valence-electron chi connectivity index (χ1n) is 12.8. The van der Waals surface area contributed by atoms with Crippen LogP contribution in [0.3, 0.4) is 0 Å². The van der Waals surface area contributed by atoms with Crippen molar-refractivity contribution in [2.45, 2.75) is 51.1 Å². The summed E-state index contributed by atoms with van der Waals surface area (Å²) in [5, 5.41) is 24.6. The first-order chi connectivity index (χ1) is 19.5. The molecule has 2 heterocycles. The van der Waals surface area contributed by atoms with E-state index in [1.807, 2.05) is 0 Å². The summed E-state index contributed by atoms with van der Waals surface area (Å²) in [6, 6.07) is 4.75. The molecule has 1 aromatic carbocycles. The fraction of sp³-hybridized carbons (Fsp3) is 0.407. The molecule has 41 heavy (non-hydrogen) atoms. The number of carbonyl (C=O) groups excluding carboxylic acids is 5. The standard InChI is InChI=1S/C27H31N3O11/c1-16(31)39-12-2-3-17-4-5-20(40-26-15-18(32)14-21(41-26)27(37)38)19(13-17)29-23(34)8-10-28-22(33)9-11-30-24(35)6-7-25(30)36/h2-7,13,18,21,26,32H,8-12,14-15H2,1H3,(H,28,33)(H,29,34)(H,37,38)/b3-2+. The van der Waals surface area contributed by atoms with Gasteiger partial charge < -0.3 is 35.1 Å². The number of aliphatic hydroxyl groups excluding tert-OH is 1. The van der Waals surface area contributed by atoms with Gasteiger partial charge in [0.05, 0.1) is 11.8 Å². The highest BCUT2D eigenvalue weighted by atomic mass is 16.7. The Morgan fingerprint density at radius 1 is 1.10 bits per heavy atom. The van der Waals surface area contributed by atoms with Crippen molar-refractivity contribution in [3.05, 3.63) is 42.0 Å². The number of benzene rings is 1. The number of amides is 4. The minimum Gasteiger partial charge on any atom is -0.479 e. The molecule has 1 aromatic rings. The lowest BCUT2D eigenvalue weighted by Crippen LogP contribution is -2.42. The van der Waals surface area contributed by atoms with E-state index in [0.717, 1.165) is 17.1 Å². The van der Waals surface area contributed by atoms with E-state index in [4.69, 9.17) is 14.2 Å². The molecule has 0 radical (unpaired) electrons. The number of aliphatic carboxylic acids is 1. The van der Waals surface area contributed by atoms with Crippen LogP contribution < -0.4 is 15.4 Å². The molecule has 14 nitrogen and oxygen atoms in total. The number of aliphatic hydroxyl groups is 1. The van der Waals surface area contributed by atoms with Gasteiger partial charge in [-0.3, -0.25) is 28.9 Å². The van der Waals surface area contributed by atoms with E-state index in [1.165, 1.54) is 13.0 Å². The second-order valence-electron chi connectivity index (χ2n) is 9.16. The summed E-state index contributed by atoms with van der Waals surface area (Å²) in [7, 11) is 0. The van der Waals surface area contributed by atoms with Crippen LogP contribution in [0.2, 0.25) is 0 Å². The zero-order chi connectivity index (χ0) is 29.9. The van der Waals surface area contributed by atoms with Gasteiger partial charge in [0.2, 0.25) is 18.1 Å². The Hall–Kier alpha value is -4.56. The second-order valence-corrected chi connectivity index (χ2v) is 9.16. The van der Waals surface area contributed by atoms with Crippen LogP contribution in [0.5, 0.6) is 5.75 Å². The van der Waals surface area contributed by atoms with Crippen molar-refractivity contribution in [2.75, 3.05) is 25.0 Å². The van der Waals surface area contributed by atoms with Crippen LogP contribution in [-0.4, -0.2) is 88.9 Å². The fourth-order valence-corrected chi connectivity index (χ4v) is 3.92. The van der Waals surface area contributed by atoms with E-state index < -0.39 is 54.1 Å². The van der Waals surface area contributed by atoms with Crippen LogP contribution in [0.25, 0.3) is 6.08 Å². The number of carboxylic acid groups (broad SMARTS) is 1. The Morgan fingerprint density at radius 3 is 2.51 bits per heavy atom. The minimum atomic E-state index is -1.26. The number of esters is 1. The number of ether oxygens (including phenoxy) is 3. The average molecular weight is 574 g/mol. The summed E-state index contributed by atoms with van der Waals surface area (Å²) in [6.45, 7) is 1.21. The fourth-order valence-electron chi connectivity index (χ4n) is 3.92. The Kier molecular flexibility index (Phi) is 11.1. The Labute approximate surface area is 234 Å². The molecule has 14 heteroatoms. The van der Waals surface area contributed by atoms with Gasteiger partial charge in [-0.15, -0.1) is 0 Å². The lowest BCUT2D eigenvalue weighted by molar-refractivity contribution is -0.195. The normalized spacial score (nSPS) is 20.2. The van der Waals surface area contributed by atoms with Crippen LogP contribution in [-0.2, 0) is 38.2 Å². The van der Waals surface area contributed by atoms with Gasteiger partial charge >= 0.3 is 11.9 Å². The van der Waals surface area contributed by atoms with Crippen LogP contribution >= 0.6 is 0 Å². The molecule has 3 unspecified atom stereocenters. The summed E-state index contributed by atoms with van der Waals surface area (Å²) in [5.74, 6) is -3.45. The molecule has 220 valence electrons. The molecule has 4 N–H and O–H groups in total. The molecule has 0 aliphatic carbocycles. The van der Waals surface area contributed by atoms with Crippen molar-refractivity contribution >= 4 is 47.3 Å². The summed E-state index contributed by atoms with van der Waals surface area (Å²) >= 11 is 0. The first-order valence-corrected chi connectivity index (χ1v) is 12.8. The molecule has 1 saturated heterocycles. The highest BCUT2D eigenvalue weighted by Gasteiger charge is 2.34. The lowest BCUT2D eigenvalue weighted by Gasteiger charge is -2.31. The van der Waals surface area contributed by atoms with Gasteiger partial charge in [0.1, 0.15) is 12.4 Å². The molecular formula is C27H31N3O11. The van der Waals surface area contributed by atoms with E-state index in [0.29, 0.717) is 5.56 Å². The van der Waals surface area contributed by atoms with Gasteiger partial charge in [-0.1, -0.05) is 12.1 Å². The molecule has 3 rings (SSSR count). The quantitative estimate of drug-likeness (QED) is 0.188. The maximum atomic E-state index is 12.7. The van der Waals surface area contributed by atoms with Gasteiger partial charge in [-0.2, -0.15) is 0 Å². The Bertz CT molecular complexity index is 1220. The van der Waals surface area contributed by atoms with E-state index in [2.05, 4.69) is 10.6 Å².